The van der Waals surface area contributed by atoms with Crippen molar-refractivity contribution < 1.29 is 39.2 Å². The Morgan fingerprint density at radius 2 is 1.27 bits per heavy atom. The molecule has 0 bridgehead atoms. The average Bonchev–Trinajstić information content (AvgIpc) is 2.65. The van der Waals surface area contributed by atoms with Gasteiger partial charge in [0.25, 0.3) is 0 Å². The minimum Gasteiger partial charge on any atom is -0.479 e. The zero-order valence-corrected chi connectivity index (χ0v) is 13.2. The molecule has 0 aliphatic rings. The molecule has 26 heavy (non-hydrogen) atoms. The summed E-state index contributed by atoms with van der Waals surface area (Å²) < 4.78 is 4.81. The Hall–Kier alpha value is -3.52. The van der Waals surface area contributed by atoms with Crippen molar-refractivity contribution in [1.82, 2.24) is 0 Å². The lowest BCUT2D eigenvalue weighted by Crippen LogP contribution is -2.61. The number of Topliss-reactive ketones (excluding diaryl/α,β-unsaturated/α-hetero) is 1. The van der Waals surface area contributed by atoms with Crippen LogP contribution in [0.15, 0.2) is 60.7 Å². The molecule has 0 aliphatic heterocycles. The highest BCUT2D eigenvalue weighted by Crippen LogP contribution is 2.25. The quantitative estimate of drug-likeness (QED) is 0.378. The lowest BCUT2D eigenvalue weighted by atomic mass is 9.87. The monoisotopic (exact) mass is 358 g/mol. The minimum absolute atomic E-state index is 0.114. The van der Waals surface area contributed by atoms with Crippen LogP contribution >= 0.6 is 0 Å². The van der Waals surface area contributed by atoms with Crippen LogP contribution in [0, 0.1) is 0 Å². The van der Waals surface area contributed by atoms with Gasteiger partial charge in [0.15, 0.2) is 0 Å². The second-order valence-corrected chi connectivity index (χ2v) is 5.23. The Kier molecular flexibility index (Phi) is 5.48. The second kappa shape index (κ2) is 7.58. The first-order chi connectivity index (χ1) is 12.3. The molecule has 0 radical (unpaired) electrons. The molecule has 2 atom stereocenters. The molecule has 134 valence electrons. The van der Waals surface area contributed by atoms with Crippen molar-refractivity contribution in [2.45, 2.75) is 11.7 Å². The van der Waals surface area contributed by atoms with Crippen molar-refractivity contribution in [2.24, 2.45) is 0 Å². The predicted octanol–water partition coefficient (Wildman–Crippen LogP) is 0.995. The Morgan fingerprint density at radius 1 is 0.808 bits per heavy atom. The fourth-order valence-corrected chi connectivity index (χ4v) is 2.24. The van der Waals surface area contributed by atoms with E-state index in [9.17, 15) is 29.4 Å². The van der Waals surface area contributed by atoms with Gasteiger partial charge in [-0.3, -0.25) is 4.79 Å². The van der Waals surface area contributed by atoms with Gasteiger partial charge in [-0.1, -0.05) is 48.5 Å². The van der Waals surface area contributed by atoms with E-state index >= 15 is 0 Å². The number of aliphatic carboxylic acids is 2. The van der Waals surface area contributed by atoms with Crippen molar-refractivity contribution in [2.75, 3.05) is 0 Å². The normalized spacial score (nSPS) is 13.9. The largest absolute Gasteiger partial charge is 0.479 e. The van der Waals surface area contributed by atoms with Crippen LogP contribution in [-0.2, 0) is 14.3 Å². The number of benzene rings is 2. The van der Waals surface area contributed by atoms with E-state index in [1.54, 1.807) is 12.1 Å². The number of rotatable bonds is 7. The van der Waals surface area contributed by atoms with Gasteiger partial charge in [0.1, 0.15) is 0 Å². The van der Waals surface area contributed by atoms with Gasteiger partial charge in [-0.15, -0.1) is 0 Å². The van der Waals surface area contributed by atoms with Crippen LogP contribution in [0.4, 0.5) is 0 Å². The van der Waals surface area contributed by atoms with Gasteiger partial charge in [0.05, 0.1) is 5.56 Å². The van der Waals surface area contributed by atoms with Gasteiger partial charge in [-0.2, -0.15) is 0 Å². The lowest BCUT2D eigenvalue weighted by molar-refractivity contribution is -0.176. The number of hydrogen-bond acceptors (Lipinski definition) is 6. The Labute approximate surface area is 147 Å². The fraction of sp³-hybridized carbons (Fsp3) is 0.111. The Balaban J connectivity index is 2.57. The van der Waals surface area contributed by atoms with E-state index in [1.165, 1.54) is 48.5 Å². The van der Waals surface area contributed by atoms with Crippen molar-refractivity contribution in [3.05, 3.63) is 71.8 Å². The van der Waals surface area contributed by atoms with Crippen LogP contribution in [0.2, 0.25) is 0 Å². The number of ether oxygens (including phenoxy) is 1. The number of carboxylic acid groups (broad SMARTS) is 2. The van der Waals surface area contributed by atoms with Crippen molar-refractivity contribution in [3.63, 3.8) is 0 Å². The summed E-state index contributed by atoms with van der Waals surface area (Å²) in [5.74, 6) is -6.77. The van der Waals surface area contributed by atoms with Crippen LogP contribution in [0.3, 0.4) is 0 Å². The topological polar surface area (TPSA) is 138 Å². The molecule has 8 nitrogen and oxygen atoms in total. The number of carboxylic acids is 2. The molecular formula is C18H14O8. The third-order valence-electron chi connectivity index (χ3n) is 3.57. The molecule has 0 amide bonds. The highest BCUT2D eigenvalue weighted by atomic mass is 16.6. The third-order valence-corrected chi connectivity index (χ3v) is 3.57. The molecule has 0 saturated carbocycles. The molecule has 0 aromatic heterocycles. The molecule has 2 aromatic rings. The summed E-state index contributed by atoms with van der Waals surface area (Å²) in [6.45, 7) is 0. The smallest absolute Gasteiger partial charge is 0.360 e. The van der Waals surface area contributed by atoms with Crippen molar-refractivity contribution >= 4 is 23.7 Å². The van der Waals surface area contributed by atoms with Crippen LogP contribution in [0.25, 0.3) is 0 Å². The van der Waals surface area contributed by atoms with Gasteiger partial charge in [0.2, 0.25) is 11.9 Å². The lowest BCUT2D eigenvalue weighted by Gasteiger charge is -2.30. The first-order valence-electron chi connectivity index (χ1n) is 7.33. The number of aliphatic hydroxyl groups is 1. The average molecular weight is 358 g/mol. The van der Waals surface area contributed by atoms with E-state index < -0.39 is 35.4 Å². The molecular weight excluding hydrogens is 344 g/mol. The van der Waals surface area contributed by atoms with E-state index in [4.69, 9.17) is 9.84 Å². The zero-order valence-electron chi connectivity index (χ0n) is 13.2. The van der Waals surface area contributed by atoms with Crippen LogP contribution in [0.5, 0.6) is 0 Å². The summed E-state index contributed by atoms with van der Waals surface area (Å²) in [5, 5.41) is 28.6. The van der Waals surface area contributed by atoms with Crippen LogP contribution in [-0.4, -0.2) is 50.7 Å². The highest BCUT2D eigenvalue weighted by molar-refractivity contribution is 6.19. The molecule has 0 aliphatic carbocycles. The SMILES string of the molecule is O=C(O[C@@](C(=O)O)(C(=O)c1ccccc1)[C@H](O)C(=O)O)c1ccccc1. The zero-order chi connectivity index (χ0) is 19.3. The first-order valence-corrected chi connectivity index (χ1v) is 7.33. The molecule has 3 N–H and O–H groups in total. The molecule has 2 aromatic carbocycles. The molecule has 0 saturated heterocycles. The summed E-state index contributed by atoms with van der Waals surface area (Å²) in [5.41, 5.74) is -3.70. The van der Waals surface area contributed by atoms with Gasteiger partial charge in [0, 0.05) is 5.56 Å². The van der Waals surface area contributed by atoms with Gasteiger partial charge in [-0.25, -0.2) is 14.4 Å². The van der Waals surface area contributed by atoms with E-state index in [2.05, 4.69) is 0 Å². The van der Waals surface area contributed by atoms with Gasteiger partial charge in [-0.05, 0) is 12.1 Å². The maximum Gasteiger partial charge on any atom is 0.360 e. The standard InChI is InChI=1S/C18H14O8/c19-13(11-7-3-1-4-8-11)18(17(24)25,14(20)15(21)22)26-16(23)12-9-5-2-6-10-12/h1-10,14,20H,(H,21,22)(H,24,25)/t14-,18+/m1/s1. The summed E-state index contributed by atoms with van der Waals surface area (Å²) in [7, 11) is 0. The maximum atomic E-state index is 12.7. The van der Waals surface area contributed by atoms with Gasteiger partial charge < -0.3 is 20.1 Å². The number of carbonyl (C=O) groups is 4. The fourth-order valence-electron chi connectivity index (χ4n) is 2.24. The number of carbonyl (C=O) groups excluding carboxylic acids is 2. The summed E-state index contributed by atoms with van der Waals surface area (Å²) in [6, 6.07) is 13.9. The van der Waals surface area contributed by atoms with Crippen molar-refractivity contribution in [1.29, 1.82) is 0 Å². The van der Waals surface area contributed by atoms with E-state index in [0.717, 1.165) is 0 Å². The molecule has 2 rings (SSSR count). The number of esters is 1. The molecule has 0 heterocycles. The molecule has 0 unspecified atom stereocenters. The molecule has 0 fully saturated rings. The van der Waals surface area contributed by atoms with Crippen molar-refractivity contribution in [3.8, 4) is 0 Å². The van der Waals surface area contributed by atoms with E-state index in [1.807, 2.05) is 0 Å². The minimum atomic E-state index is -3.35. The first kappa shape index (κ1) is 18.8. The highest BCUT2D eigenvalue weighted by Gasteiger charge is 2.59. The predicted molar refractivity (Wildman–Crippen MR) is 86.6 cm³/mol. The summed E-state index contributed by atoms with van der Waals surface area (Å²) in [6.07, 6.45) is -2.82. The summed E-state index contributed by atoms with van der Waals surface area (Å²) >= 11 is 0. The Bertz CT molecular complexity index is 831. The number of hydrogen-bond donors (Lipinski definition) is 3. The Morgan fingerprint density at radius 3 is 1.69 bits per heavy atom. The second-order valence-electron chi connectivity index (χ2n) is 5.23. The maximum absolute atomic E-state index is 12.7. The van der Waals surface area contributed by atoms with E-state index in [0.29, 0.717) is 0 Å². The summed E-state index contributed by atoms with van der Waals surface area (Å²) in [4.78, 5) is 48.1. The van der Waals surface area contributed by atoms with Crippen LogP contribution < -0.4 is 0 Å². The molecule has 8 heteroatoms. The number of aliphatic hydroxyl groups excluding tert-OH is 1. The van der Waals surface area contributed by atoms with E-state index in [-0.39, 0.29) is 11.1 Å². The molecule has 0 spiro atoms. The third kappa shape index (κ3) is 3.45. The van der Waals surface area contributed by atoms with Gasteiger partial charge >= 0.3 is 23.5 Å². The van der Waals surface area contributed by atoms with Crippen LogP contribution in [0.1, 0.15) is 20.7 Å². The number of ketones is 1.